The summed E-state index contributed by atoms with van der Waals surface area (Å²) in [6.07, 6.45) is 3.46. The number of anilines is 2. The summed E-state index contributed by atoms with van der Waals surface area (Å²) < 4.78 is 25.7. The molecule has 3 aromatic rings. The van der Waals surface area contributed by atoms with Gasteiger partial charge >= 0.3 is 6.03 Å². The number of amides is 3. The van der Waals surface area contributed by atoms with Gasteiger partial charge in [0.2, 0.25) is 5.91 Å². The summed E-state index contributed by atoms with van der Waals surface area (Å²) in [6, 6.07) is 7.55. The SMILES string of the molecule is Cn1cc(CNC(=O)Nc2ccc(-c3nc(N)cc(CS(=O)(=O)CC(N)=O)n3)cc2)cn1. The van der Waals surface area contributed by atoms with Crippen LogP contribution < -0.4 is 22.1 Å². The molecule has 0 fully saturated rings. The molecule has 32 heavy (non-hydrogen) atoms. The number of nitrogen functional groups attached to an aromatic ring is 1. The molecule has 0 unspecified atom stereocenters. The van der Waals surface area contributed by atoms with Gasteiger partial charge in [0.05, 0.1) is 17.6 Å². The summed E-state index contributed by atoms with van der Waals surface area (Å²) in [5.74, 6) is -1.93. The highest BCUT2D eigenvalue weighted by atomic mass is 32.2. The number of sulfone groups is 1. The van der Waals surface area contributed by atoms with E-state index >= 15 is 0 Å². The van der Waals surface area contributed by atoms with Crippen LogP contribution in [0, 0.1) is 0 Å². The molecule has 3 amide bonds. The number of carbonyl (C=O) groups is 2. The molecule has 0 spiro atoms. The Morgan fingerprint density at radius 2 is 1.88 bits per heavy atom. The van der Waals surface area contributed by atoms with Crippen LogP contribution in [-0.2, 0) is 34.0 Å². The Bertz CT molecular complexity index is 1240. The van der Waals surface area contributed by atoms with Crippen LogP contribution in [-0.4, -0.2) is 45.9 Å². The number of nitrogens with two attached hydrogens (primary N) is 2. The number of urea groups is 1. The van der Waals surface area contributed by atoms with E-state index in [1.807, 2.05) is 0 Å². The zero-order chi connectivity index (χ0) is 23.3. The lowest BCUT2D eigenvalue weighted by Crippen LogP contribution is -2.28. The van der Waals surface area contributed by atoms with Gasteiger partial charge in [-0.25, -0.2) is 23.2 Å². The second kappa shape index (κ2) is 9.43. The first-order valence-corrected chi connectivity index (χ1v) is 11.2. The monoisotopic (exact) mass is 458 g/mol. The Hall–Kier alpha value is -4.00. The topological polar surface area (TPSA) is 188 Å². The predicted octanol–water partition coefficient (Wildman–Crippen LogP) is 0.181. The number of primary amides is 1. The van der Waals surface area contributed by atoms with Gasteiger partial charge in [-0.05, 0) is 24.3 Å². The van der Waals surface area contributed by atoms with Gasteiger partial charge in [-0.15, -0.1) is 0 Å². The smallest absolute Gasteiger partial charge is 0.319 e. The highest BCUT2D eigenvalue weighted by Crippen LogP contribution is 2.20. The number of hydrogen-bond donors (Lipinski definition) is 4. The second-order valence-corrected chi connectivity index (χ2v) is 9.08. The number of nitrogens with one attached hydrogen (secondary N) is 2. The van der Waals surface area contributed by atoms with Gasteiger partial charge in [-0.1, -0.05) is 0 Å². The van der Waals surface area contributed by atoms with Crippen LogP contribution in [0.5, 0.6) is 0 Å². The van der Waals surface area contributed by atoms with Crippen LogP contribution in [0.4, 0.5) is 16.3 Å². The Labute approximate surface area is 184 Å². The molecule has 0 saturated heterocycles. The number of aromatic nitrogens is 4. The van der Waals surface area contributed by atoms with Gasteiger partial charge in [-0.2, -0.15) is 5.10 Å². The fourth-order valence-corrected chi connectivity index (χ4v) is 3.97. The van der Waals surface area contributed by atoms with Crippen molar-refractivity contribution in [3.05, 3.63) is 54.0 Å². The number of rotatable bonds is 8. The average Bonchev–Trinajstić information content (AvgIpc) is 3.10. The summed E-state index contributed by atoms with van der Waals surface area (Å²) in [5, 5.41) is 9.46. The molecular formula is C19H22N8O4S. The van der Waals surface area contributed by atoms with Crippen LogP contribution >= 0.6 is 0 Å². The molecule has 3 rings (SSSR count). The largest absolute Gasteiger partial charge is 0.384 e. The minimum atomic E-state index is -3.77. The molecule has 6 N–H and O–H groups in total. The molecule has 2 aromatic heterocycles. The fourth-order valence-electron chi connectivity index (χ4n) is 2.84. The maximum atomic E-state index is 12.1. The van der Waals surface area contributed by atoms with E-state index in [-0.39, 0.29) is 23.4 Å². The summed E-state index contributed by atoms with van der Waals surface area (Å²) in [6.45, 7) is 0.330. The Morgan fingerprint density at radius 3 is 2.50 bits per heavy atom. The van der Waals surface area contributed by atoms with Crippen molar-refractivity contribution in [1.29, 1.82) is 0 Å². The third kappa shape index (κ3) is 6.50. The highest BCUT2D eigenvalue weighted by Gasteiger charge is 2.18. The quantitative estimate of drug-likeness (QED) is 0.368. The molecule has 0 aliphatic carbocycles. The van der Waals surface area contributed by atoms with Crippen LogP contribution in [0.15, 0.2) is 42.7 Å². The first-order chi connectivity index (χ1) is 15.1. The zero-order valence-corrected chi connectivity index (χ0v) is 18.0. The molecule has 0 radical (unpaired) electrons. The van der Waals surface area contributed by atoms with E-state index in [1.54, 1.807) is 48.4 Å². The third-order valence-electron chi connectivity index (χ3n) is 4.14. The van der Waals surface area contributed by atoms with Crippen molar-refractivity contribution in [2.24, 2.45) is 12.8 Å². The zero-order valence-electron chi connectivity index (χ0n) is 17.1. The van der Waals surface area contributed by atoms with Crippen LogP contribution in [0.3, 0.4) is 0 Å². The van der Waals surface area contributed by atoms with E-state index in [4.69, 9.17) is 11.5 Å². The molecule has 12 nitrogen and oxygen atoms in total. The lowest BCUT2D eigenvalue weighted by atomic mass is 10.2. The Balaban J connectivity index is 1.66. The second-order valence-electron chi connectivity index (χ2n) is 7.01. The lowest BCUT2D eigenvalue weighted by molar-refractivity contribution is -0.115. The predicted molar refractivity (Wildman–Crippen MR) is 118 cm³/mol. The molecule has 13 heteroatoms. The number of hydrogen-bond acceptors (Lipinski definition) is 8. The molecule has 168 valence electrons. The van der Waals surface area contributed by atoms with Crippen molar-refractivity contribution in [2.75, 3.05) is 16.8 Å². The van der Waals surface area contributed by atoms with Crippen molar-refractivity contribution in [3.8, 4) is 11.4 Å². The molecule has 2 heterocycles. The van der Waals surface area contributed by atoms with E-state index in [9.17, 15) is 18.0 Å². The van der Waals surface area contributed by atoms with Crippen LogP contribution in [0.25, 0.3) is 11.4 Å². The van der Waals surface area contributed by atoms with E-state index in [0.717, 1.165) is 5.56 Å². The average molecular weight is 459 g/mol. The lowest BCUT2D eigenvalue weighted by Gasteiger charge is -2.09. The first-order valence-electron chi connectivity index (χ1n) is 9.34. The summed E-state index contributed by atoms with van der Waals surface area (Å²) in [7, 11) is -1.98. The first kappa shape index (κ1) is 22.7. The molecule has 0 aliphatic heterocycles. The van der Waals surface area contributed by atoms with Crippen molar-refractivity contribution in [1.82, 2.24) is 25.1 Å². The van der Waals surface area contributed by atoms with Gasteiger partial charge in [0.1, 0.15) is 11.6 Å². The number of benzene rings is 1. The Kier molecular flexibility index (Phi) is 6.68. The minimum Gasteiger partial charge on any atom is -0.384 e. The molecular weight excluding hydrogens is 436 g/mol. The minimum absolute atomic E-state index is 0.0799. The Morgan fingerprint density at radius 1 is 1.16 bits per heavy atom. The molecule has 0 aliphatic rings. The maximum absolute atomic E-state index is 12.1. The molecule has 0 saturated carbocycles. The third-order valence-corrected chi connectivity index (χ3v) is 5.60. The van der Waals surface area contributed by atoms with Crippen LogP contribution in [0.1, 0.15) is 11.3 Å². The van der Waals surface area contributed by atoms with Crippen molar-refractivity contribution < 1.29 is 18.0 Å². The van der Waals surface area contributed by atoms with Gasteiger partial charge in [0.15, 0.2) is 15.7 Å². The number of carbonyl (C=O) groups excluding carboxylic acids is 2. The van der Waals surface area contributed by atoms with Crippen LogP contribution in [0.2, 0.25) is 0 Å². The van der Waals surface area contributed by atoms with Crippen molar-refractivity contribution in [3.63, 3.8) is 0 Å². The maximum Gasteiger partial charge on any atom is 0.319 e. The normalized spacial score (nSPS) is 11.2. The van der Waals surface area contributed by atoms with E-state index in [1.165, 1.54) is 6.07 Å². The number of aryl methyl sites for hydroxylation is 1. The molecule has 0 bridgehead atoms. The fraction of sp³-hybridized carbons (Fsp3) is 0.211. The summed E-state index contributed by atoms with van der Waals surface area (Å²) in [5.41, 5.74) is 12.9. The number of nitrogens with zero attached hydrogens (tertiary/aromatic N) is 4. The van der Waals surface area contributed by atoms with Gasteiger partial charge < -0.3 is 22.1 Å². The van der Waals surface area contributed by atoms with E-state index < -0.39 is 27.3 Å². The standard InChI is InChI=1S/C19H22N8O4S/c1-27-9-12(8-23-27)7-22-19(29)25-14-4-2-13(3-5-14)18-24-15(6-16(20)26-18)10-32(30,31)11-17(21)28/h2-6,8-9H,7,10-11H2,1H3,(H2,21,28)(H2,20,24,26)(H2,22,25,29). The van der Waals surface area contributed by atoms with Gasteiger partial charge in [0.25, 0.3) is 0 Å². The van der Waals surface area contributed by atoms with E-state index in [2.05, 4.69) is 25.7 Å². The van der Waals surface area contributed by atoms with Gasteiger partial charge in [-0.3, -0.25) is 9.48 Å². The summed E-state index contributed by atoms with van der Waals surface area (Å²) >= 11 is 0. The highest BCUT2D eigenvalue weighted by molar-refractivity contribution is 7.91. The van der Waals surface area contributed by atoms with E-state index in [0.29, 0.717) is 17.8 Å². The summed E-state index contributed by atoms with van der Waals surface area (Å²) in [4.78, 5) is 31.3. The van der Waals surface area contributed by atoms with Gasteiger partial charge in [0, 0.05) is 42.7 Å². The molecule has 0 atom stereocenters. The van der Waals surface area contributed by atoms with Crippen molar-refractivity contribution in [2.45, 2.75) is 12.3 Å². The van der Waals surface area contributed by atoms with Crippen molar-refractivity contribution >= 4 is 33.3 Å². The molecule has 1 aromatic carbocycles.